The number of amides is 1. The number of hydrogen-bond acceptors (Lipinski definition) is 3. The van der Waals surface area contributed by atoms with Crippen LogP contribution in [0.4, 0.5) is 0 Å². The smallest absolute Gasteiger partial charge is 0.354 e. The number of carbonyl (C=O) groups is 2. The maximum Gasteiger partial charge on any atom is 0.354 e. The first kappa shape index (κ1) is 12.0. The number of carbonyl (C=O) groups excluding carboxylic acids is 2. The standard InChI is InChI=1S/C12H13NO3/c1-9(14)13-11(12(15)16-2)8-10-6-4-3-5-7-10/h3-8H,1-2H3,(H,13,14)/b11-8+. The van der Waals surface area contributed by atoms with E-state index >= 15 is 0 Å². The third kappa shape index (κ3) is 3.57. The summed E-state index contributed by atoms with van der Waals surface area (Å²) in [6.07, 6.45) is 1.56. The normalized spacial score (nSPS) is 10.8. The van der Waals surface area contributed by atoms with Crippen molar-refractivity contribution in [3.05, 3.63) is 41.6 Å². The number of benzene rings is 1. The molecule has 0 aliphatic heterocycles. The van der Waals surface area contributed by atoms with Gasteiger partial charge in [0.25, 0.3) is 0 Å². The van der Waals surface area contributed by atoms with E-state index in [0.29, 0.717) is 0 Å². The fourth-order valence-electron chi connectivity index (χ4n) is 1.16. The van der Waals surface area contributed by atoms with Gasteiger partial charge in [0.1, 0.15) is 5.70 Å². The van der Waals surface area contributed by atoms with Crippen LogP contribution in [-0.4, -0.2) is 19.0 Å². The lowest BCUT2D eigenvalue weighted by Crippen LogP contribution is -2.25. The number of methoxy groups -OCH3 is 1. The van der Waals surface area contributed by atoms with Crippen LogP contribution in [0.2, 0.25) is 0 Å². The molecule has 0 aromatic heterocycles. The molecule has 1 amide bonds. The van der Waals surface area contributed by atoms with E-state index < -0.39 is 5.97 Å². The van der Waals surface area contributed by atoms with Gasteiger partial charge in [-0.3, -0.25) is 4.79 Å². The van der Waals surface area contributed by atoms with Gasteiger partial charge >= 0.3 is 5.97 Å². The zero-order valence-electron chi connectivity index (χ0n) is 9.19. The van der Waals surface area contributed by atoms with Gasteiger partial charge in [-0.15, -0.1) is 0 Å². The summed E-state index contributed by atoms with van der Waals surface area (Å²) < 4.78 is 4.56. The minimum absolute atomic E-state index is 0.126. The highest BCUT2D eigenvalue weighted by Gasteiger charge is 2.10. The lowest BCUT2D eigenvalue weighted by Gasteiger charge is -2.05. The first-order valence-electron chi connectivity index (χ1n) is 4.76. The molecule has 0 atom stereocenters. The average Bonchev–Trinajstić information content (AvgIpc) is 2.28. The molecule has 0 unspecified atom stereocenters. The Morgan fingerprint density at radius 2 is 1.88 bits per heavy atom. The van der Waals surface area contributed by atoms with Gasteiger partial charge in [0.15, 0.2) is 0 Å². The zero-order chi connectivity index (χ0) is 12.0. The lowest BCUT2D eigenvalue weighted by molar-refractivity contribution is -0.137. The van der Waals surface area contributed by atoms with Gasteiger partial charge in [0.05, 0.1) is 7.11 Å². The molecule has 16 heavy (non-hydrogen) atoms. The summed E-state index contributed by atoms with van der Waals surface area (Å²) in [6.45, 7) is 1.34. The van der Waals surface area contributed by atoms with Gasteiger partial charge in [-0.25, -0.2) is 4.79 Å². The van der Waals surface area contributed by atoms with Crippen LogP contribution in [-0.2, 0) is 14.3 Å². The molecular formula is C12H13NO3. The molecule has 1 N–H and O–H groups in total. The molecule has 0 saturated carbocycles. The van der Waals surface area contributed by atoms with Crippen molar-refractivity contribution >= 4 is 18.0 Å². The van der Waals surface area contributed by atoms with E-state index in [2.05, 4.69) is 10.1 Å². The molecule has 0 radical (unpaired) electrons. The Bertz CT molecular complexity index is 410. The molecule has 0 heterocycles. The van der Waals surface area contributed by atoms with Gasteiger partial charge in [0, 0.05) is 6.92 Å². The summed E-state index contributed by atoms with van der Waals surface area (Å²) in [5, 5.41) is 2.43. The highest BCUT2D eigenvalue weighted by molar-refractivity contribution is 5.97. The number of hydrogen-bond donors (Lipinski definition) is 1. The first-order valence-corrected chi connectivity index (χ1v) is 4.76. The Balaban J connectivity index is 2.96. The van der Waals surface area contributed by atoms with Crippen LogP contribution in [0.5, 0.6) is 0 Å². The molecule has 0 spiro atoms. The molecule has 0 fully saturated rings. The largest absolute Gasteiger partial charge is 0.464 e. The highest BCUT2D eigenvalue weighted by Crippen LogP contribution is 2.05. The summed E-state index contributed by atoms with van der Waals surface area (Å²) in [4.78, 5) is 22.3. The second-order valence-electron chi connectivity index (χ2n) is 3.14. The van der Waals surface area contributed by atoms with Crippen LogP contribution in [0.1, 0.15) is 12.5 Å². The highest BCUT2D eigenvalue weighted by atomic mass is 16.5. The van der Waals surface area contributed by atoms with E-state index in [0.717, 1.165) is 5.56 Å². The summed E-state index contributed by atoms with van der Waals surface area (Å²) in [7, 11) is 1.27. The Morgan fingerprint density at radius 1 is 1.25 bits per heavy atom. The van der Waals surface area contributed by atoms with E-state index in [4.69, 9.17) is 0 Å². The maximum absolute atomic E-state index is 11.3. The summed E-state index contributed by atoms with van der Waals surface area (Å²) >= 11 is 0. The molecule has 0 aliphatic rings. The minimum Gasteiger partial charge on any atom is -0.464 e. The van der Waals surface area contributed by atoms with Crippen molar-refractivity contribution < 1.29 is 14.3 Å². The van der Waals surface area contributed by atoms with Crippen LogP contribution >= 0.6 is 0 Å². The molecule has 4 nitrogen and oxygen atoms in total. The lowest BCUT2D eigenvalue weighted by atomic mass is 10.2. The van der Waals surface area contributed by atoms with Gasteiger partial charge in [-0.05, 0) is 11.6 Å². The minimum atomic E-state index is -0.570. The first-order chi connectivity index (χ1) is 7.63. The summed E-state index contributed by atoms with van der Waals surface area (Å²) in [5.74, 6) is -0.883. The van der Waals surface area contributed by atoms with Crippen LogP contribution < -0.4 is 5.32 Å². The van der Waals surface area contributed by atoms with Crippen molar-refractivity contribution in [1.29, 1.82) is 0 Å². The van der Waals surface area contributed by atoms with Crippen LogP contribution in [0.15, 0.2) is 36.0 Å². The molecule has 84 valence electrons. The second-order valence-corrected chi connectivity index (χ2v) is 3.14. The number of esters is 1. The number of ether oxygens (including phenoxy) is 1. The van der Waals surface area contributed by atoms with E-state index in [1.54, 1.807) is 6.08 Å². The Morgan fingerprint density at radius 3 is 2.38 bits per heavy atom. The molecule has 1 aromatic rings. The molecular weight excluding hydrogens is 206 g/mol. The molecule has 4 heteroatoms. The van der Waals surface area contributed by atoms with Crippen molar-refractivity contribution in [3.8, 4) is 0 Å². The fourth-order valence-corrected chi connectivity index (χ4v) is 1.16. The summed E-state index contributed by atoms with van der Waals surface area (Å²) in [6, 6.07) is 9.20. The maximum atomic E-state index is 11.3. The topological polar surface area (TPSA) is 55.4 Å². The van der Waals surface area contributed by atoms with E-state index in [1.165, 1.54) is 14.0 Å². The average molecular weight is 219 g/mol. The molecule has 0 aliphatic carbocycles. The predicted molar refractivity (Wildman–Crippen MR) is 60.3 cm³/mol. The monoisotopic (exact) mass is 219 g/mol. The zero-order valence-corrected chi connectivity index (χ0v) is 9.19. The third-order valence-corrected chi connectivity index (χ3v) is 1.83. The van der Waals surface area contributed by atoms with Gasteiger partial charge < -0.3 is 10.1 Å². The van der Waals surface area contributed by atoms with E-state index in [-0.39, 0.29) is 11.6 Å². The fraction of sp³-hybridized carbons (Fsp3) is 0.167. The predicted octanol–water partition coefficient (Wildman–Crippen LogP) is 1.34. The van der Waals surface area contributed by atoms with Crippen molar-refractivity contribution in [2.24, 2.45) is 0 Å². The number of rotatable bonds is 3. The van der Waals surface area contributed by atoms with Crippen molar-refractivity contribution in [1.82, 2.24) is 5.32 Å². The van der Waals surface area contributed by atoms with Crippen LogP contribution in [0, 0.1) is 0 Å². The van der Waals surface area contributed by atoms with E-state index in [9.17, 15) is 9.59 Å². The van der Waals surface area contributed by atoms with E-state index in [1.807, 2.05) is 30.3 Å². The van der Waals surface area contributed by atoms with Gasteiger partial charge in [-0.1, -0.05) is 30.3 Å². The second kappa shape index (κ2) is 5.70. The third-order valence-electron chi connectivity index (χ3n) is 1.83. The Labute approximate surface area is 93.9 Å². The molecule has 1 rings (SSSR count). The number of nitrogens with one attached hydrogen (secondary N) is 1. The van der Waals surface area contributed by atoms with Crippen LogP contribution in [0.3, 0.4) is 0 Å². The van der Waals surface area contributed by atoms with Gasteiger partial charge in [-0.2, -0.15) is 0 Å². The molecule has 0 saturated heterocycles. The van der Waals surface area contributed by atoms with Crippen molar-refractivity contribution in [3.63, 3.8) is 0 Å². The molecule has 1 aromatic carbocycles. The SMILES string of the molecule is COC(=O)/C(=C\c1ccccc1)NC(C)=O. The van der Waals surface area contributed by atoms with Gasteiger partial charge in [0.2, 0.25) is 5.91 Å². The quantitative estimate of drug-likeness (QED) is 0.616. The van der Waals surface area contributed by atoms with Crippen molar-refractivity contribution in [2.75, 3.05) is 7.11 Å². The molecule has 0 bridgehead atoms. The Hall–Kier alpha value is -2.10. The van der Waals surface area contributed by atoms with Crippen molar-refractivity contribution in [2.45, 2.75) is 6.92 Å². The van der Waals surface area contributed by atoms with Crippen LogP contribution in [0.25, 0.3) is 6.08 Å². The summed E-state index contributed by atoms with van der Waals surface area (Å²) in [5.41, 5.74) is 0.942. The Kier molecular flexibility index (Phi) is 4.27.